The molecule has 0 heterocycles. The Labute approximate surface area is 86.9 Å². The Balaban J connectivity index is 2.81. The van der Waals surface area contributed by atoms with Crippen LogP contribution >= 0.6 is 15.9 Å². The molecule has 1 unspecified atom stereocenters. The summed E-state index contributed by atoms with van der Waals surface area (Å²) in [6, 6.07) is 5.94. The molecule has 0 fully saturated rings. The number of aliphatic hydroxyl groups is 1. The van der Waals surface area contributed by atoms with Gasteiger partial charge in [-0.05, 0) is 36.6 Å². The van der Waals surface area contributed by atoms with Crippen molar-refractivity contribution < 1.29 is 5.11 Å². The maximum absolute atomic E-state index is 8.82. The number of hydrogen-bond acceptors (Lipinski definition) is 2. The van der Waals surface area contributed by atoms with Crippen LogP contribution in [0.3, 0.4) is 0 Å². The number of rotatable bonds is 3. The molecule has 0 aliphatic heterocycles. The van der Waals surface area contributed by atoms with Crippen LogP contribution < -0.4 is 5.73 Å². The van der Waals surface area contributed by atoms with Crippen LogP contribution in [0, 0.1) is 6.92 Å². The third kappa shape index (κ3) is 3.10. The first-order valence-electron chi connectivity index (χ1n) is 4.25. The van der Waals surface area contributed by atoms with Crippen LogP contribution in [0.4, 0.5) is 0 Å². The summed E-state index contributed by atoms with van der Waals surface area (Å²) in [6.07, 6.45) is 0.724. The van der Waals surface area contributed by atoms with Crippen molar-refractivity contribution in [3.63, 3.8) is 0 Å². The van der Waals surface area contributed by atoms with E-state index in [1.807, 2.05) is 25.1 Å². The third-order valence-corrected chi connectivity index (χ3v) is 2.52. The van der Waals surface area contributed by atoms with Crippen molar-refractivity contribution in [2.75, 3.05) is 6.61 Å². The SMILES string of the molecule is Cc1ccc(Br)cc1CC(N)CO. The van der Waals surface area contributed by atoms with Crippen LogP contribution in [0.25, 0.3) is 0 Å². The highest BCUT2D eigenvalue weighted by Gasteiger charge is 2.05. The molecule has 1 aromatic carbocycles. The van der Waals surface area contributed by atoms with E-state index in [4.69, 9.17) is 10.8 Å². The second-order valence-corrected chi connectivity index (χ2v) is 4.13. The van der Waals surface area contributed by atoms with Gasteiger partial charge < -0.3 is 10.8 Å². The first-order chi connectivity index (χ1) is 6.13. The smallest absolute Gasteiger partial charge is 0.0585 e. The predicted octanol–water partition coefficient (Wildman–Crippen LogP) is 1.62. The van der Waals surface area contributed by atoms with Crippen LogP contribution in [0.2, 0.25) is 0 Å². The van der Waals surface area contributed by atoms with Crippen molar-refractivity contribution in [3.8, 4) is 0 Å². The summed E-state index contributed by atoms with van der Waals surface area (Å²) in [5.74, 6) is 0. The lowest BCUT2D eigenvalue weighted by molar-refractivity contribution is 0.265. The molecular weight excluding hydrogens is 230 g/mol. The van der Waals surface area contributed by atoms with Gasteiger partial charge in [-0.1, -0.05) is 22.0 Å². The molecule has 0 saturated carbocycles. The van der Waals surface area contributed by atoms with Gasteiger partial charge in [-0.25, -0.2) is 0 Å². The molecule has 1 aromatic rings. The number of nitrogens with two attached hydrogens (primary N) is 1. The van der Waals surface area contributed by atoms with E-state index in [9.17, 15) is 0 Å². The normalized spacial score (nSPS) is 12.9. The van der Waals surface area contributed by atoms with Gasteiger partial charge in [0, 0.05) is 10.5 Å². The van der Waals surface area contributed by atoms with Crippen molar-refractivity contribution in [2.24, 2.45) is 5.73 Å². The van der Waals surface area contributed by atoms with Gasteiger partial charge in [0.15, 0.2) is 0 Å². The second kappa shape index (κ2) is 4.74. The average Bonchev–Trinajstić information content (AvgIpc) is 2.11. The lowest BCUT2D eigenvalue weighted by Gasteiger charge is -2.10. The third-order valence-electron chi connectivity index (χ3n) is 2.03. The minimum Gasteiger partial charge on any atom is -0.395 e. The lowest BCUT2D eigenvalue weighted by Crippen LogP contribution is -2.27. The topological polar surface area (TPSA) is 46.2 Å². The molecule has 0 bridgehead atoms. The largest absolute Gasteiger partial charge is 0.395 e. The number of aliphatic hydroxyl groups excluding tert-OH is 1. The quantitative estimate of drug-likeness (QED) is 0.848. The summed E-state index contributed by atoms with van der Waals surface area (Å²) in [6.45, 7) is 2.08. The summed E-state index contributed by atoms with van der Waals surface area (Å²) in [5.41, 5.74) is 8.06. The fourth-order valence-corrected chi connectivity index (χ4v) is 1.62. The molecule has 0 aromatic heterocycles. The van der Waals surface area contributed by atoms with Gasteiger partial charge in [-0.3, -0.25) is 0 Å². The molecule has 0 aliphatic carbocycles. The molecule has 13 heavy (non-hydrogen) atoms. The van der Waals surface area contributed by atoms with E-state index in [1.54, 1.807) is 0 Å². The summed E-state index contributed by atoms with van der Waals surface area (Å²) in [4.78, 5) is 0. The maximum atomic E-state index is 8.82. The summed E-state index contributed by atoms with van der Waals surface area (Å²) in [5, 5.41) is 8.82. The Hall–Kier alpha value is -0.380. The molecule has 0 spiro atoms. The Morgan fingerprint density at radius 3 is 2.85 bits per heavy atom. The summed E-state index contributed by atoms with van der Waals surface area (Å²) < 4.78 is 1.05. The number of halogens is 1. The highest BCUT2D eigenvalue weighted by Crippen LogP contribution is 2.16. The standard InChI is InChI=1S/C10H14BrNO/c1-7-2-3-9(11)4-8(7)5-10(12)6-13/h2-4,10,13H,5-6,12H2,1H3. The van der Waals surface area contributed by atoms with Crippen LogP contribution in [0.1, 0.15) is 11.1 Å². The van der Waals surface area contributed by atoms with Gasteiger partial charge in [0.25, 0.3) is 0 Å². The molecule has 3 N–H and O–H groups in total. The molecule has 72 valence electrons. The van der Waals surface area contributed by atoms with Crippen molar-refractivity contribution in [1.29, 1.82) is 0 Å². The second-order valence-electron chi connectivity index (χ2n) is 3.22. The van der Waals surface area contributed by atoms with Crippen LogP contribution in [0.5, 0.6) is 0 Å². The van der Waals surface area contributed by atoms with E-state index in [2.05, 4.69) is 15.9 Å². The van der Waals surface area contributed by atoms with Crippen molar-refractivity contribution in [1.82, 2.24) is 0 Å². The fourth-order valence-electron chi connectivity index (χ4n) is 1.21. The van der Waals surface area contributed by atoms with Crippen molar-refractivity contribution in [2.45, 2.75) is 19.4 Å². The van der Waals surface area contributed by atoms with Crippen LogP contribution in [0.15, 0.2) is 22.7 Å². The first kappa shape index (κ1) is 10.7. The Morgan fingerprint density at radius 2 is 2.23 bits per heavy atom. The monoisotopic (exact) mass is 243 g/mol. The van der Waals surface area contributed by atoms with E-state index in [0.717, 1.165) is 10.9 Å². The Kier molecular flexibility index (Phi) is 3.90. The lowest BCUT2D eigenvalue weighted by atomic mass is 10.0. The van der Waals surface area contributed by atoms with Crippen LogP contribution in [-0.2, 0) is 6.42 Å². The van der Waals surface area contributed by atoms with E-state index in [1.165, 1.54) is 11.1 Å². The zero-order valence-corrected chi connectivity index (χ0v) is 9.21. The predicted molar refractivity (Wildman–Crippen MR) is 57.6 cm³/mol. The fraction of sp³-hybridized carbons (Fsp3) is 0.400. The molecule has 2 nitrogen and oxygen atoms in total. The van der Waals surface area contributed by atoms with Gasteiger partial charge in [0.2, 0.25) is 0 Å². The minimum atomic E-state index is -0.159. The Bertz CT molecular complexity index is 288. The molecule has 0 radical (unpaired) electrons. The van der Waals surface area contributed by atoms with Gasteiger partial charge >= 0.3 is 0 Å². The molecular formula is C10H14BrNO. The van der Waals surface area contributed by atoms with E-state index >= 15 is 0 Å². The first-order valence-corrected chi connectivity index (χ1v) is 5.04. The summed E-state index contributed by atoms with van der Waals surface area (Å²) >= 11 is 3.40. The molecule has 0 saturated heterocycles. The molecule has 0 amide bonds. The van der Waals surface area contributed by atoms with Gasteiger partial charge in [-0.2, -0.15) is 0 Å². The highest BCUT2D eigenvalue weighted by atomic mass is 79.9. The van der Waals surface area contributed by atoms with E-state index in [-0.39, 0.29) is 12.6 Å². The average molecular weight is 244 g/mol. The van der Waals surface area contributed by atoms with Gasteiger partial charge in [0.1, 0.15) is 0 Å². The minimum absolute atomic E-state index is 0.0337. The molecule has 1 atom stereocenters. The van der Waals surface area contributed by atoms with Crippen LogP contribution in [-0.4, -0.2) is 17.8 Å². The summed E-state index contributed by atoms with van der Waals surface area (Å²) in [7, 11) is 0. The number of hydrogen-bond donors (Lipinski definition) is 2. The number of aryl methyl sites for hydroxylation is 1. The zero-order chi connectivity index (χ0) is 9.84. The van der Waals surface area contributed by atoms with Crippen molar-refractivity contribution in [3.05, 3.63) is 33.8 Å². The van der Waals surface area contributed by atoms with Gasteiger partial charge in [-0.15, -0.1) is 0 Å². The highest BCUT2D eigenvalue weighted by molar-refractivity contribution is 9.10. The molecule has 1 rings (SSSR count). The van der Waals surface area contributed by atoms with E-state index in [0.29, 0.717) is 0 Å². The molecule has 0 aliphatic rings. The Morgan fingerprint density at radius 1 is 1.54 bits per heavy atom. The maximum Gasteiger partial charge on any atom is 0.0585 e. The van der Waals surface area contributed by atoms with E-state index < -0.39 is 0 Å². The van der Waals surface area contributed by atoms with Gasteiger partial charge in [0.05, 0.1) is 6.61 Å². The zero-order valence-electron chi connectivity index (χ0n) is 7.63. The van der Waals surface area contributed by atoms with Crippen molar-refractivity contribution >= 4 is 15.9 Å². The number of benzene rings is 1. The molecule has 3 heteroatoms.